The second-order valence-electron chi connectivity index (χ2n) is 5.04. The molecule has 0 aromatic rings. The van der Waals surface area contributed by atoms with Crippen LogP contribution in [0.3, 0.4) is 0 Å². The summed E-state index contributed by atoms with van der Waals surface area (Å²) in [7, 11) is 0. The summed E-state index contributed by atoms with van der Waals surface area (Å²) >= 11 is 0. The lowest BCUT2D eigenvalue weighted by Crippen LogP contribution is -2.50. The molecule has 6 nitrogen and oxygen atoms in total. The third kappa shape index (κ3) is 2.58. The third-order valence-corrected chi connectivity index (χ3v) is 3.57. The van der Waals surface area contributed by atoms with Crippen LogP contribution < -0.4 is 21.7 Å². The number of amides is 2. The van der Waals surface area contributed by atoms with E-state index >= 15 is 0 Å². The number of rotatable bonds is 4. The maximum atomic E-state index is 11.8. The van der Waals surface area contributed by atoms with Gasteiger partial charge in [-0.2, -0.15) is 0 Å². The first-order chi connectivity index (χ1) is 8.00. The number of nitrogens with one attached hydrogen (secondary N) is 3. The highest BCUT2D eigenvalue weighted by Crippen LogP contribution is 2.41. The van der Waals surface area contributed by atoms with Crippen molar-refractivity contribution in [1.82, 2.24) is 16.0 Å². The number of carbonyl (C=O) groups is 2. The van der Waals surface area contributed by atoms with Gasteiger partial charge in [0, 0.05) is 19.1 Å². The van der Waals surface area contributed by atoms with Crippen LogP contribution in [0.5, 0.6) is 0 Å². The molecule has 6 heteroatoms. The van der Waals surface area contributed by atoms with Crippen LogP contribution in [0, 0.1) is 11.8 Å². The third-order valence-electron chi connectivity index (χ3n) is 3.57. The van der Waals surface area contributed by atoms with Crippen molar-refractivity contribution in [1.29, 1.82) is 0 Å². The maximum absolute atomic E-state index is 11.8. The van der Waals surface area contributed by atoms with E-state index in [4.69, 9.17) is 5.73 Å². The first kappa shape index (κ1) is 12.3. The molecule has 0 radical (unpaired) electrons. The lowest BCUT2D eigenvalue weighted by molar-refractivity contribution is -0.129. The van der Waals surface area contributed by atoms with Crippen molar-refractivity contribution in [2.24, 2.45) is 17.6 Å². The minimum atomic E-state index is -0.588. The van der Waals surface area contributed by atoms with Crippen molar-refractivity contribution in [3.8, 4) is 0 Å². The molecule has 1 saturated heterocycles. The Hall–Kier alpha value is -1.14. The van der Waals surface area contributed by atoms with Crippen LogP contribution in [-0.4, -0.2) is 43.0 Å². The Morgan fingerprint density at radius 3 is 2.35 bits per heavy atom. The summed E-state index contributed by atoms with van der Waals surface area (Å²) in [4.78, 5) is 23.1. The van der Waals surface area contributed by atoms with Gasteiger partial charge in [0.05, 0.1) is 6.04 Å². The molecule has 0 bridgehead atoms. The summed E-state index contributed by atoms with van der Waals surface area (Å²) in [5, 5.41) is 8.82. The summed E-state index contributed by atoms with van der Waals surface area (Å²) in [5.74, 6) is 0.731. The molecule has 4 atom stereocenters. The normalized spacial score (nSPS) is 33.5. The van der Waals surface area contributed by atoms with Crippen LogP contribution >= 0.6 is 0 Å². The second-order valence-corrected chi connectivity index (χ2v) is 5.04. The van der Waals surface area contributed by atoms with Crippen LogP contribution in [0.25, 0.3) is 0 Å². The Morgan fingerprint density at radius 1 is 1.24 bits per heavy atom. The molecular formula is C11H20N4O2. The molecule has 5 N–H and O–H groups in total. The van der Waals surface area contributed by atoms with Crippen LogP contribution in [0.4, 0.5) is 0 Å². The quantitative estimate of drug-likeness (QED) is 0.465. The summed E-state index contributed by atoms with van der Waals surface area (Å²) in [6.07, 6.45) is 0. The van der Waals surface area contributed by atoms with Gasteiger partial charge in [-0.25, -0.2) is 0 Å². The Kier molecular flexibility index (Phi) is 3.35. The van der Waals surface area contributed by atoms with E-state index in [1.165, 1.54) is 0 Å². The van der Waals surface area contributed by atoms with Crippen LogP contribution in [0.15, 0.2) is 0 Å². The Labute approximate surface area is 101 Å². The topological polar surface area (TPSA) is 96.2 Å². The van der Waals surface area contributed by atoms with Crippen molar-refractivity contribution in [2.45, 2.75) is 32.0 Å². The highest BCUT2D eigenvalue weighted by atomic mass is 16.2. The zero-order chi connectivity index (χ0) is 12.6. The molecule has 2 aliphatic rings. The fourth-order valence-corrected chi connectivity index (χ4v) is 2.33. The minimum Gasteiger partial charge on any atom is -0.351 e. The molecule has 1 heterocycles. The van der Waals surface area contributed by atoms with Gasteiger partial charge in [-0.05, 0) is 25.7 Å². The highest BCUT2D eigenvalue weighted by Gasteiger charge is 2.53. The van der Waals surface area contributed by atoms with Gasteiger partial charge in [0.15, 0.2) is 0 Å². The maximum Gasteiger partial charge on any atom is 0.242 e. The van der Waals surface area contributed by atoms with Gasteiger partial charge in [0.2, 0.25) is 11.8 Å². The van der Waals surface area contributed by atoms with E-state index in [9.17, 15) is 9.59 Å². The molecule has 96 valence electrons. The molecule has 2 amide bonds. The number of fused-ring (bicyclic) bond motifs is 1. The van der Waals surface area contributed by atoms with Gasteiger partial charge < -0.3 is 21.7 Å². The molecule has 0 spiro atoms. The lowest BCUT2D eigenvalue weighted by atomic mass is 10.2. The molecule has 0 aromatic carbocycles. The van der Waals surface area contributed by atoms with E-state index in [2.05, 4.69) is 16.0 Å². The van der Waals surface area contributed by atoms with E-state index in [-0.39, 0.29) is 11.8 Å². The van der Waals surface area contributed by atoms with Crippen molar-refractivity contribution >= 4 is 11.8 Å². The average molecular weight is 240 g/mol. The smallest absolute Gasteiger partial charge is 0.242 e. The van der Waals surface area contributed by atoms with E-state index in [1.54, 1.807) is 13.8 Å². The molecule has 17 heavy (non-hydrogen) atoms. The van der Waals surface area contributed by atoms with Crippen molar-refractivity contribution in [2.75, 3.05) is 13.1 Å². The number of hydrogen-bond donors (Lipinski definition) is 4. The molecule has 0 aromatic heterocycles. The standard InChI is InChI=1S/C11H20N4O2/c1-5(12)10(16)14-6(2)11(17)15-9-7-3-13-4-8(7)9/h5-9,13H,3-4,12H2,1-2H3,(H,14,16)(H,15,17)/t5-,6-,7?,8?,9?/m0/s1. The fraction of sp³-hybridized carbons (Fsp3) is 0.818. The van der Waals surface area contributed by atoms with E-state index in [0.29, 0.717) is 17.9 Å². The Bertz CT molecular complexity index is 321. The number of hydrogen-bond acceptors (Lipinski definition) is 4. The zero-order valence-corrected chi connectivity index (χ0v) is 10.2. The molecule has 2 unspecified atom stereocenters. The van der Waals surface area contributed by atoms with E-state index in [1.807, 2.05) is 0 Å². The van der Waals surface area contributed by atoms with Crippen LogP contribution in [0.1, 0.15) is 13.8 Å². The van der Waals surface area contributed by atoms with Gasteiger partial charge in [0.25, 0.3) is 0 Å². The first-order valence-electron chi connectivity index (χ1n) is 6.07. The predicted octanol–water partition coefficient (Wildman–Crippen LogP) is -1.83. The molecule has 2 fully saturated rings. The zero-order valence-electron chi connectivity index (χ0n) is 10.2. The lowest BCUT2D eigenvalue weighted by Gasteiger charge is -2.16. The van der Waals surface area contributed by atoms with Crippen molar-refractivity contribution < 1.29 is 9.59 Å². The van der Waals surface area contributed by atoms with Gasteiger partial charge in [-0.1, -0.05) is 0 Å². The number of nitrogens with two attached hydrogens (primary N) is 1. The number of carbonyl (C=O) groups excluding carboxylic acids is 2. The Morgan fingerprint density at radius 2 is 1.82 bits per heavy atom. The molecule has 1 aliphatic heterocycles. The largest absolute Gasteiger partial charge is 0.351 e. The fourth-order valence-electron chi connectivity index (χ4n) is 2.33. The minimum absolute atomic E-state index is 0.126. The summed E-state index contributed by atoms with van der Waals surface area (Å²) in [5.41, 5.74) is 5.42. The molecule has 1 saturated carbocycles. The van der Waals surface area contributed by atoms with Crippen molar-refractivity contribution in [3.63, 3.8) is 0 Å². The van der Waals surface area contributed by atoms with Gasteiger partial charge in [0.1, 0.15) is 6.04 Å². The summed E-state index contributed by atoms with van der Waals surface area (Å²) in [6.45, 7) is 5.23. The van der Waals surface area contributed by atoms with Crippen LogP contribution in [-0.2, 0) is 9.59 Å². The average Bonchev–Trinajstić information content (AvgIpc) is 2.74. The second kappa shape index (κ2) is 4.62. The molecule has 1 aliphatic carbocycles. The Balaban J connectivity index is 1.74. The SMILES string of the molecule is C[C@H](N)C(=O)N[C@@H](C)C(=O)NC1C2CNCC21. The van der Waals surface area contributed by atoms with E-state index in [0.717, 1.165) is 13.1 Å². The van der Waals surface area contributed by atoms with Crippen molar-refractivity contribution in [3.05, 3.63) is 0 Å². The molecule has 2 rings (SSSR count). The molecular weight excluding hydrogens is 220 g/mol. The number of piperidine rings is 1. The summed E-state index contributed by atoms with van der Waals surface area (Å²) in [6, 6.07) is -0.823. The van der Waals surface area contributed by atoms with E-state index < -0.39 is 12.1 Å². The van der Waals surface area contributed by atoms with Gasteiger partial charge >= 0.3 is 0 Å². The van der Waals surface area contributed by atoms with Crippen LogP contribution in [0.2, 0.25) is 0 Å². The monoisotopic (exact) mass is 240 g/mol. The van der Waals surface area contributed by atoms with Gasteiger partial charge in [-0.15, -0.1) is 0 Å². The first-order valence-corrected chi connectivity index (χ1v) is 6.07. The van der Waals surface area contributed by atoms with Gasteiger partial charge in [-0.3, -0.25) is 9.59 Å². The highest BCUT2D eigenvalue weighted by molar-refractivity contribution is 5.89. The summed E-state index contributed by atoms with van der Waals surface area (Å²) < 4.78 is 0. The predicted molar refractivity (Wildman–Crippen MR) is 63.0 cm³/mol.